The van der Waals surface area contributed by atoms with Crippen LogP contribution in [0.15, 0.2) is 41.5 Å². The Bertz CT molecular complexity index is 1070. The fourth-order valence-electron chi connectivity index (χ4n) is 3.08. The molecule has 1 fully saturated rings. The molecule has 3 rings (SSSR count). The van der Waals surface area contributed by atoms with Crippen molar-refractivity contribution < 1.29 is 23.9 Å². The summed E-state index contributed by atoms with van der Waals surface area (Å²) in [5, 5.41) is 6.50. The van der Waals surface area contributed by atoms with Gasteiger partial charge in [0.25, 0.3) is 5.91 Å². The van der Waals surface area contributed by atoms with Crippen molar-refractivity contribution in [3.05, 3.63) is 52.0 Å². The average Bonchev–Trinajstić information content (AvgIpc) is 3.36. The largest absolute Gasteiger partial charge is 0.493 e. The predicted molar refractivity (Wildman–Crippen MR) is 125 cm³/mol. The molecule has 9 nitrogen and oxygen atoms in total. The van der Waals surface area contributed by atoms with Crippen LogP contribution in [0.5, 0.6) is 11.5 Å². The normalized spacial score (nSPS) is 13.1. The van der Waals surface area contributed by atoms with Gasteiger partial charge in [0.1, 0.15) is 0 Å². The van der Waals surface area contributed by atoms with Crippen LogP contribution in [0.3, 0.4) is 0 Å². The highest BCUT2D eigenvalue weighted by molar-refractivity contribution is 6.45. The van der Waals surface area contributed by atoms with Gasteiger partial charge in [-0.25, -0.2) is 5.43 Å². The zero-order valence-corrected chi connectivity index (χ0v) is 19.3. The average molecular weight is 493 g/mol. The number of methoxy groups -OCH3 is 1. The first kappa shape index (κ1) is 24.3. The lowest BCUT2D eigenvalue weighted by molar-refractivity contribution is -0.136. The zero-order valence-electron chi connectivity index (χ0n) is 17.8. The first-order valence-corrected chi connectivity index (χ1v) is 10.8. The summed E-state index contributed by atoms with van der Waals surface area (Å²) in [5.74, 6) is -1.22. The van der Waals surface area contributed by atoms with Crippen LogP contribution in [0.25, 0.3) is 0 Å². The molecule has 1 heterocycles. The van der Waals surface area contributed by atoms with Gasteiger partial charge in [0.2, 0.25) is 0 Å². The Morgan fingerprint density at radius 2 is 1.85 bits per heavy atom. The fourth-order valence-corrected chi connectivity index (χ4v) is 3.42. The highest BCUT2D eigenvalue weighted by Crippen LogP contribution is 2.29. The molecule has 0 aromatic heterocycles. The summed E-state index contributed by atoms with van der Waals surface area (Å²) in [4.78, 5) is 37.9. The molecule has 0 atom stereocenters. The first-order chi connectivity index (χ1) is 15.9. The van der Waals surface area contributed by atoms with E-state index in [1.54, 1.807) is 35.2 Å². The lowest BCUT2D eigenvalue weighted by Gasteiger charge is -2.16. The van der Waals surface area contributed by atoms with Crippen LogP contribution in [0.1, 0.15) is 18.4 Å². The summed E-state index contributed by atoms with van der Waals surface area (Å²) in [6.07, 6.45) is 3.35. The maximum Gasteiger partial charge on any atom is 0.329 e. The molecule has 0 saturated carbocycles. The van der Waals surface area contributed by atoms with Gasteiger partial charge in [-0.05, 0) is 48.7 Å². The third kappa shape index (κ3) is 6.59. The Kier molecular flexibility index (Phi) is 8.51. The van der Waals surface area contributed by atoms with Gasteiger partial charge in [0.05, 0.1) is 29.1 Å². The quantitative estimate of drug-likeness (QED) is 0.350. The van der Waals surface area contributed by atoms with Crippen molar-refractivity contribution in [1.82, 2.24) is 10.3 Å². The SMILES string of the molecule is COc1cc(/C=N\NC(=O)C(=O)Nc2cccc(Cl)c2Cl)ccc1OCC(=O)N1CCCC1. The summed E-state index contributed by atoms with van der Waals surface area (Å²) in [6, 6.07) is 9.57. The molecule has 33 heavy (non-hydrogen) atoms. The van der Waals surface area contributed by atoms with Gasteiger partial charge in [-0.3, -0.25) is 14.4 Å². The number of nitrogens with one attached hydrogen (secondary N) is 2. The topological polar surface area (TPSA) is 109 Å². The van der Waals surface area contributed by atoms with Gasteiger partial charge in [-0.15, -0.1) is 0 Å². The minimum Gasteiger partial charge on any atom is -0.493 e. The Hall–Kier alpha value is -3.30. The highest BCUT2D eigenvalue weighted by Gasteiger charge is 2.19. The van der Waals surface area contributed by atoms with Gasteiger partial charge in [0.15, 0.2) is 18.1 Å². The van der Waals surface area contributed by atoms with Gasteiger partial charge >= 0.3 is 11.8 Å². The highest BCUT2D eigenvalue weighted by atomic mass is 35.5. The minimum absolute atomic E-state index is 0.0692. The number of anilines is 1. The summed E-state index contributed by atoms with van der Waals surface area (Å²) in [6.45, 7) is 1.43. The molecular weight excluding hydrogens is 471 g/mol. The summed E-state index contributed by atoms with van der Waals surface area (Å²) in [7, 11) is 1.47. The number of ether oxygens (including phenoxy) is 2. The molecule has 2 N–H and O–H groups in total. The van der Waals surface area contributed by atoms with Gasteiger partial charge in [0, 0.05) is 13.1 Å². The molecule has 0 aliphatic carbocycles. The van der Waals surface area contributed by atoms with Crippen molar-refractivity contribution >= 4 is 52.8 Å². The molecule has 2 aromatic carbocycles. The third-order valence-corrected chi connectivity index (χ3v) is 5.60. The van der Waals surface area contributed by atoms with Crippen LogP contribution >= 0.6 is 23.2 Å². The molecule has 0 bridgehead atoms. The van der Waals surface area contributed by atoms with E-state index in [0.29, 0.717) is 17.1 Å². The van der Waals surface area contributed by atoms with Crippen molar-refractivity contribution in [1.29, 1.82) is 0 Å². The van der Waals surface area contributed by atoms with Crippen molar-refractivity contribution in [2.24, 2.45) is 5.10 Å². The smallest absolute Gasteiger partial charge is 0.329 e. The van der Waals surface area contributed by atoms with E-state index in [1.165, 1.54) is 19.4 Å². The Labute approximate surface area is 200 Å². The summed E-state index contributed by atoms with van der Waals surface area (Å²) >= 11 is 11.9. The molecule has 1 aliphatic heterocycles. The minimum atomic E-state index is -0.991. The Balaban J connectivity index is 1.54. The number of rotatable bonds is 7. The van der Waals surface area contributed by atoms with Gasteiger partial charge in [-0.1, -0.05) is 29.3 Å². The number of nitrogens with zero attached hydrogens (tertiary/aromatic N) is 2. The summed E-state index contributed by atoms with van der Waals surface area (Å²) in [5.41, 5.74) is 2.91. The molecule has 0 unspecified atom stereocenters. The van der Waals surface area contributed by atoms with Crippen molar-refractivity contribution in [3.63, 3.8) is 0 Å². The molecule has 2 aromatic rings. The van der Waals surface area contributed by atoms with E-state index in [-0.39, 0.29) is 28.2 Å². The molecule has 11 heteroatoms. The lowest BCUT2D eigenvalue weighted by Crippen LogP contribution is -2.32. The number of amides is 3. The van der Waals surface area contributed by atoms with Crippen LogP contribution in [-0.2, 0) is 14.4 Å². The zero-order chi connectivity index (χ0) is 23.8. The van der Waals surface area contributed by atoms with Crippen molar-refractivity contribution in [2.75, 3.05) is 32.1 Å². The van der Waals surface area contributed by atoms with Crippen LogP contribution in [-0.4, -0.2) is 55.6 Å². The third-order valence-electron chi connectivity index (χ3n) is 4.78. The van der Waals surface area contributed by atoms with Crippen LogP contribution in [0.4, 0.5) is 5.69 Å². The van der Waals surface area contributed by atoms with Crippen LogP contribution < -0.4 is 20.2 Å². The second-order valence-corrected chi connectivity index (χ2v) is 7.83. The monoisotopic (exact) mass is 492 g/mol. The number of benzene rings is 2. The second-order valence-electron chi connectivity index (χ2n) is 7.04. The Morgan fingerprint density at radius 1 is 1.09 bits per heavy atom. The van der Waals surface area contributed by atoms with E-state index >= 15 is 0 Å². The number of carbonyl (C=O) groups excluding carboxylic acids is 3. The Morgan fingerprint density at radius 3 is 2.58 bits per heavy atom. The molecular formula is C22H22Cl2N4O5. The van der Waals surface area contributed by atoms with Crippen LogP contribution in [0.2, 0.25) is 10.0 Å². The van der Waals surface area contributed by atoms with E-state index in [1.807, 2.05) is 0 Å². The number of hydrogen-bond donors (Lipinski definition) is 2. The number of hydrogen-bond acceptors (Lipinski definition) is 6. The predicted octanol–water partition coefficient (Wildman–Crippen LogP) is 3.09. The van der Waals surface area contributed by atoms with Crippen LogP contribution in [0, 0.1) is 0 Å². The second kappa shape index (κ2) is 11.5. The standard InChI is InChI=1S/C22H22Cl2N4O5/c1-32-18-11-14(7-8-17(18)33-13-19(29)28-9-2-3-10-28)12-25-27-22(31)21(30)26-16-6-4-5-15(23)20(16)24/h4-8,11-12H,2-3,9-10,13H2,1H3,(H,26,30)(H,27,31)/b25-12-. The van der Waals surface area contributed by atoms with E-state index in [2.05, 4.69) is 15.8 Å². The van der Waals surface area contributed by atoms with Crippen molar-refractivity contribution in [2.45, 2.75) is 12.8 Å². The lowest BCUT2D eigenvalue weighted by atomic mass is 10.2. The molecule has 0 radical (unpaired) electrons. The summed E-state index contributed by atoms with van der Waals surface area (Å²) < 4.78 is 10.9. The number of halogens is 2. The maximum atomic E-state index is 12.1. The van der Waals surface area contributed by atoms with E-state index in [9.17, 15) is 14.4 Å². The molecule has 1 saturated heterocycles. The van der Waals surface area contributed by atoms with E-state index in [4.69, 9.17) is 32.7 Å². The number of likely N-dealkylation sites (tertiary alicyclic amines) is 1. The molecule has 1 aliphatic rings. The molecule has 3 amide bonds. The molecule has 0 spiro atoms. The first-order valence-electron chi connectivity index (χ1n) is 10.1. The number of hydrazone groups is 1. The fraction of sp³-hybridized carbons (Fsp3) is 0.273. The molecule has 174 valence electrons. The van der Waals surface area contributed by atoms with E-state index in [0.717, 1.165) is 25.9 Å². The van der Waals surface area contributed by atoms with Gasteiger partial charge in [-0.2, -0.15) is 5.10 Å². The van der Waals surface area contributed by atoms with Gasteiger partial charge < -0.3 is 19.7 Å². The van der Waals surface area contributed by atoms with Crippen molar-refractivity contribution in [3.8, 4) is 11.5 Å². The number of carbonyl (C=O) groups is 3. The van der Waals surface area contributed by atoms with E-state index < -0.39 is 11.8 Å². The maximum absolute atomic E-state index is 12.1.